The van der Waals surface area contributed by atoms with Crippen LogP contribution in [0.25, 0.3) is 0 Å². The van der Waals surface area contributed by atoms with E-state index in [1.807, 2.05) is 45.0 Å². The van der Waals surface area contributed by atoms with Gasteiger partial charge in [0.2, 0.25) is 0 Å². The number of amides is 1. The smallest absolute Gasteiger partial charge is 0.416 e. The van der Waals surface area contributed by atoms with Gasteiger partial charge < -0.3 is 20.1 Å². The Labute approximate surface area is 232 Å². The number of rotatable bonds is 13. The Balaban J connectivity index is 1.32. The third kappa shape index (κ3) is 9.44. The highest BCUT2D eigenvalue weighted by Crippen LogP contribution is 2.18. The maximum Gasteiger partial charge on any atom is 0.416 e. The summed E-state index contributed by atoms with van der Waals surface area (Å²) in [4.78, 5) is 29.9. The molecule has 13 heteroatoms. The van der Waals surface area contributed by atoms with E-state index in [2.05, 4.69) is 15.6 Å². The molecular formula is C27H34F2N4O6S. The molecule has 2 aromatic rings. The Kier molecular flexibility index (Phi) is 10.9. The first-order valence-electron chi connectivity index (χ1n) is 12.7. The lowest BCUT2D eigenvalue weighted by atomic mass is 10.1. The molecule has 1 aliphatic rings. The van der Waals surface area contributed by atoms with E-state index in [0.29, 0.717) is 31.5 Å². The molecule has 3 rings (SSSR count). The molecule has 0 aliphatic carbocycles. The second kappa shape index (κ2) is 13.9. The van der Waals surface area contributed by atoms with Crippen LogP contribution in [0, 0.1) is 11.6 Å². The molecular weight excluding hydrogens is 546 g/mol. The molecule has 1 amide bonds. The minimum Gasteiger partial charge on any atom is -0.443 e. The van der Waals surface area contributed by atoms with Gasteiger partial charge in [-0.25, -0.2) is 22.0 Å². The number of benzene rings is 2. The zero-order chi connectivity index (χ0) is 29.3. The minimum atomic E-state index is -3.99. The summed E-state index contributed by atoms with van der Waals surface area (Å²) in [5.74, 6) is -2.20. The number of aliphatic imine (C=N–C) groups is 1. The fourth-order valence-electron chi connectivity index (χ4n) is 3.70. The van der Waals surface area contributed by atoms with Gasteiger partial charge in [0.15, 0.2) is 15.6 Å². The fourth-order valence-corrected chi connectivity index (χ4v) is 4.90. The number of nitrogens with one attached hydrogen (secondary N) is 2. The number of carbonyl (C=O) groups excluding carboxylic acids is 2. The van der Waals surface area contributed by atoms with E-state index in [-0.39, 0.29) is 32.1 Å². The number of hydrogen-bond acceptors (Lipinski definition) is 9. The van der Waals surface area contributed by atoms with E-state index < -0.39 is 43.9 Å². The van der Waals surface area contributed by atoms with Crippen molar-refractivity contribution in [1.29, 1.82) is 0 Å². The number of Topliss-reactive ketones (excluding diaryl/α,β-unsaturated/α-hetero) is 1. The Hall–Kier alpha value is -3.26. The predicted molar refractivity (Wildman–Crippen MR) is 145 cm³/mol. The van der Waals surface area contributed by atoms with Crippen LogP contribution in [0.1, 0.15) is 31.9 Å². The zero-order valence-corrected chi connectivity index (χ0v) is 23.5. The number of halogens is 2. The Bertz CT molecular complexity index is 1330. The molecule has 0 unspecified atom stereocenters. The van der Waals surface area contributed by atoms with E-state index >= 15 is 0 Å². The van der Waals surface area contributed by atoms with Crippen LogP contribution in [0.15, 0.2) is 52.4 Å². The SMILES string of the molecule is CC(C)(C)OC(=O)N1CCN=C1c1ccc(CNCC(=O)COCCNCS(=O)(=O)c2ccc(F)cc2F)cc1. The van der Waals surface area contributed by atoms with Gasteiger partial charge in [0.1, 0.15) is 40.5 Å². The number of ketones is 1. The molecule has 2 aromatic carbocycles. The average Bonchev–Trinajstić information content (AvgIpc) is 3.36. The predicted octanol–water partition coefficient (Wildman–Crippen LogP) is 2.66. The standard InChI is InChI=1S/C27H34F2N4O6S/c1-27(2,3)39-26(35)33-12-10-32-25(33)20-6-4-19(5-7-20)15-31-16-22(34)17-38-13-11-30-18-40(36,37)24-9-8-21(28)14-23(24)29/h4-9,14,30-31H,10-13,15-18H2,1-3H3. The van der Waals surface area contributed by atoms with Gasteiger partial charge >= 0.3 is 6.09 Å². The molecule has 0 radical (unpaired) electrons. The van der Waals surface area contributed by atoms with Crippen molar-refractivity contribution in [1.82, 2.24) is 15.5 Å². The molecule has 10 nitrogen and oxygen atoms in total. The maximum absolute atomic E-state index is 13.7. The van der Waals surface area contributed by atoms with Crippen LogP contribution in [0.4, 0.5) is 13.6 Å². The van der Waals surface area contributed by atoms with Crippen LogP contribution >= 0.6 is 0 Å². The van der Waals surface area contributed by atoms with Crippen LogP contribution in [0.2, 0.25) is 0 Å². The lowest BCUT2D eigenvalue weighted by Gasteiger charge is -2.25. The van der Waals surface area contributed by atoms with Crippen molar-refractivity contribution in [3.63, 3.8) is 0 Å². The highest BCUT2D eigenvalue weighted by Gasteiger charge is 2.29. The third-order valence-electron chi connectivity index (χ3n) is 5.53. The van der Waals surface area contributed by atoms with Gasteiger partial charge in [-0.1, -0.05) is 24.3 Å². The number of nitrogens with zero attached hydrogens (tertiary/aromatic N) is 2. The lowest BCUT2D eigenvalue weighted by Crippen LogP contribution is -2.39. The minimum absolute atomic E-state index is 0.0683. The molecule has 1 heterocycles. The first-order chi connectivity index (χ1) is 18.9. The molecule has 218 valence electrons. The second-order valence-corrected chi connectivity index (χ2v) is 12.0. The molecule has 0 bridgehead atoms. The maximum atomic E-state index is 13.7. The highest BCUT2D eigenvalue weighted by molar-refractivity contribution is 7.91. The topological polar surface area (TPSA) is 126 Å². The summed E-state index contributed by atoms with van der Waals surface area (Å²) in [5, 5.41) is 5.65. The van der Waals surface area contributed by atoms with Gasteiger partial charge in [-0.2, -0.15) is 0 Å². The summed E-state index contributed by atoms with van der Waals surface area (Å²) in [6.45, 7) is 6.94. The monoisotopic (exact) mass is 580 g/mol. The van der Waals surface area contributed by atoms with Crippen LogP contribution in [0.3, 0.4) is 0 Å². The summed E-state index contributed by atoms with van der Waals surface area (Å²) in [6, 6.07) is 9.76. The van der Waals surface area contributed by atoms with E-state index in [9.17, 15) is 26.8 Å². The molecule has 0 saturated heterocycles. The molecule has 0 spiro atoms. The lowest BCUT2D eigenvalue weighted by molar-refractivity contribution is -0.122. The van der Waals surface area contributed by atoms with Gasteiger partial charge in [0.25, 0.3) is 0 Å². The molecule has 1 aliphatic heterocycles. The average molecular weight is 581 g/mol. The first-order valence-corrected chi connectivity index (χ1v) is 14.3. The highest BCUT2D eigenvalue weighted by atomic mass is 32.2. The van der Waals surface area contributed by atoms with Crippen LogP contribution in [-0.2, 0) is 30.7 Å². The van der Waals surface area contributed by atoms with E-state index in [4.69, 9.17) is 9.47 Å². The summed E-state index contributed by atoms with van der Waals surface area (Å²) < 4.78 is 61.7. The largest absolute Gasteiger partial charge is 0.443 e. The molecule has 0 fully saturated rings. The van der Waals surface area contributed by atoms with Gasteiger partial charge in [0.05, 0.1) is 26.2 Å². The Morgan fingerprint density at radius 1 is 1.07 bits per heavy atom. The number of hydrogen-bond donors (Lipinski definition) is 2. The van der Waals surface area contributed by atoms with E-state index in [0.717, 1.165) is 23.3 Å². The van der Waals surface area contributed by atoms with Crippen molar-refractivity contribution in [3.8, 4) is 0 Å². The second-order valence-electron chi connectivity index (χ2n) is 10.1. The van der Waals surface area contributed by atoms with Gasteiger partial charge in [0, 0.05) is 24.7 Å². The van der Waals surface area contributed by atoms with E-state index in [1.54, 1.807) is 0 Å². The van der Waals surface area contributed by atoms with Crippen molar-refractivity contribution >= 4 is 27.5 Å². The first kappa shape index (κ1) is 31.3. The van der Waals surface area contributed by atoms with Gasteiger partial charge in [-0.05, 0) is 38.5 Å². The normalized spacial score (nSPS) is 13.8. The molecule has 40 heavy (non-hydrogen) atoms. The fraction of sp³-hybridized carbons (Fsp3) is 0.444. The summed E-state index contributed by atoms with van der Waals surface area (Å²) in [5.41, 5.74) is 1.13. The molecule has 0 saturated carbocycles. The Morgan fingerprint density at radius 3 is 2.48 bits per heavy atom. The van der Waals surface area contributed by atoms with Gasteiger partial charge in [-0.15, -0.1) is 0 Å². The summed E-state index contributed by atoms with van der Waals surface area (Å²) in [6.07, 6.45) is -0.434. The number of carbonyl (C=O) groups is 2. The quantitative estimate of drug-likeness (QED) is 0.274. The number of ether oxygens (including phenoxy) is 2. The van der Waals surface area contributed by atoms with Gasteiger partial charge in [-0.3, -0.25) is 14.7 Å². The number of amidine groups is 1. The van der Waals surface area contributed by atoms with Crippen molar-refractivity contribution < 1.29 is 36.3 Å². The van der Waals surface area contributed by atoms with Crippen molar-refractivity contribution in [2.24, 2.45) is 4.99 Å². The third-order valence-corrected chi connectivity index (χ3v) is 7.11. The molecule has 2 N–H and O–H groups in total. The molecule has 0 atom stereocenters. The molecule has 0 aromatic heterocycles. The van der Waals surface area contributed by atoms with Crippen molar-refractivity contribution in [3.05, 3.63) is 65.2 Å². The van der Waals surface area contributed by atoms with Crippen LogP contribution in [-0.4, -0.2) is 81.9 Å². The van der Waals surface area contributed by atoms with E-state index in [1.165, 1.54) is 4.90 Å². The Morgan fingerprint density at radius 2 is 1.80 bits per heavy atom. The zero-order valence-electron chi connectivity index (χ0n) is 22.7. The number of sulfone groups is 1. The van der Waals surface area contributed by atoms with Crippen molar-refractivity contribution in [2.75, 3.05) is 45.3 Å². The van der Waals surface area contributed by atoms with Crippen molar-refractivity contribution in [2.45, 2.75) is 37.8 Å². The summed E-state index contributed by atoms with van der Waals surface area (Å²) >= 11 is 0. The van der Waals surface area contributed by atoms with Crippen LogP contribution in [0.5, 0.6) is 0 Å². The summed E-state index contributed by atoms with van der Waals surface area (Å²) in [7, 11) is -3.99. The van der Waals surface area contributed by atoms with Crippen LogP contribution < -0.4 is 10.6 Å².